The van der Waals surface area contributed by atoms with Gasteiger partial charge >= 0.3 is 0 Å². The van der Waals surface area contributed by atoms with Crippen molar-refractivity contribution in [3.05, 3.63) is 42.0 Å². The molecule has 0 spiro atoms. The first-order valence-corrected chi connectivity index (χ1v) is 19.9. The number of hydrogen-bond acceptors (Lipinski definition) is 1. The van der Waals surface area contributed by atoms with Gasteiger partial charge in [0.15, 0.2) is 0 Å². The van der Waals surface area contributed by atoms with Gasteiger partial charge in [0, 0.05) is 5.75 Å². The van der Waals surface area contributed by atoms with Crippen molar-refractivity contribution < 1.29 is 0 Å². The van der Waals surface area contributed by atoms with Crippen LogP contribution in [0.25, 0.3) is 6.08 Å². The van der Waals surface area contributed by atoms with Crippen LogP contribution in [0.1, 0.15) is 11.1 Å². The van der Waals surface area contributed by atoms with E-state index in [1.807, 2.05) is 6.08 Å². The van der Waals surface area contributed by atoms with Crippen molar-refractivity contribution in [2.45, 2.75) is 5.75 Å². The van der Waals surface area contributed by atoms with Gasteiger partial charge in [0.05, 0.1) is 0 Å². The summed E-state index contributed by atoms with van der Waals surface area (Å²) in [5, 5.41) is 0. The van der Waals surface area contributed by atoms with Gasteiger partial charge in [-0.3, -0.25) is 0 Å². The second kappa shape index (κ2) is 8.77. The van der Waals surface area contributed by atoms with E-state index in [4.69, 9.17) is 0 Å². The van der Waals surface area contributed by atoms with Crippen LogP contribution in [0.5, 0.6) is 0 Å². The lowest BCUT2D eigenvalue weighted by Gasteiger charge is -2.61. The summed E-state index contributed by atoms with van der Waals surface area (Å²) in [6.45, 7) is 3.91. The first-order valence-electron chi connectivity index (χ1n) is 8.87. The minimum absolute atomic E-state index is 0.639. The van der Waals surface area contributed by atoms with E-state index in [2.05, 4.69) is 96.5 Å². The molecule has 1 aromatic rings. The van der Waals surface area contributed by atoms with Crippen LogP contribution in [0.3, 0.4) is 0 Å². The molecule has 5 heteroatoms. The fourth-order valence-electron chi connectivity index (χ4n) is 3.72. The van der Waals surface area contributed by atoms with Crippen molar-refractivity contribution in [3.8, 4) is 0 Å². The van der Waals surface area contributed by atoms with E-state index in [1.54, 1.807) is 0 Å². The highest BCUT2D eigenvalue weighted by atomic mass is 32.4. The lowest BCUT2D eigenvalue weighted by molar-refractivity contribution is 1.15. The number of hydrogen-bond donors (Lipinski definition) is 0. The van der Waals surface area contributed by atoms with Crippen molar-refractivity contribution in [1.29, 1.82) is 0 Å². The summed E-state index contributed by atoms with van der Waals surface area (Å²) in [4.78, 5) is 0. The van der Waals surface area contributed by atoms with Gasteiger partial charge < -0.3 is 0 Å². The van der Waals surface area contributed by atoms with Gasteiger partial charge in [-0.25, -0.2) is 10.0 Å². The molecule has 0 aliphatic carbocycles. The van der Waals surface area contributed by atoms with Crippen molar-refractivity contribution >= 4 is 46.7 Å². The van der Waals surface area contributed by atoms with Crippen molar-refractivity contribution in [3.63, 3.8) is 0 Å². The summed E-state index contributed by atoms with van der Waals surface area (Å²) in [5.41, 5.74) is 2.71. The van der Waals surface area contributed by atoms with E-state index in [9.17, 15) is 0 Å². The lowest BCUT2D eigenvalue weighted by Crippen LogP contribution is -2.33. The molecule has 26 heavy (non-hydrogen) atoms. The average Bonchev–Trinajstić information content (AvgIpc) is 2.41. The quantitative estimate of drug-likeness (QED) is 0.432. The summed E-state index contributed by atoms with van der Waals surface area (Å²) in [7, 11) is -2.82. The third kappa shape index (κ3) is 7.38. The zero-order valence-electron chi connectivity index (χ0n) is 18.8. The summed E-state index contributed by atoms with van der Waals surface area (Å²) in [6, 6.07) is 8.90. The van der Waals surface area contributed by atoms with Crippen LogP contribution < -0.4 is 0 Å². The molecule has 0 saturated carbocycles. The molecule has 1 nitrogen and oxygen atoms in total. The molecule has 0 fully saturated rings. The number of nitrogens with zero attached hydrogens (tertiary/aromatic N) is 1. The molecule has 0 amide bonds. The number of benzene rings is 1. The smallest absolute Gasteiger partial charge is 0.00207 e. The molecule has 0 aliphatic heterocycles. The summed E-state index contributed by atoms with van der Waals surface area (Å²) in [6.07, 6.45) is 26.9. The fraction of sp³-hybridized carbons (Fsp3) is 0.619. The standard InChI is InChI=1S/C21H43NS4/c1-12-20-14-13-15-21(18-20)19-25(8,9)16-17-26(10,11)22(23(2,3)4)24(5,6)7/h12-15,18H,1,16-17,19H2,2-11H3. The molecule has 0 heterocycles. The van der Waals surface area contributed by atoms with Crippen LogP contribution >= 0.6 is 40.7 Å². The van der Waals surface area contributed by atoms with Crippen molar-refractivity contribution in [2.75, 3.05) is 74.1 Å². The van der Waals surface area contributed by atoms with E-state index in [0.717, 1.165) is 0 Å². The van der Waals surface area contributed by atoms with E-state index < -0.39 is 40.7 Å². The molecule has 0 unspecified atom stereocenters. The average molecular weight is 438 g/mol. The second-order valence-corrected chi connectivity index (χ2v) is 26.0. The Hall–Kier alpha value is 0.320. The highest BCUT2D eigenvalue weighted by molar-refractivity contribution is 8.56. The zero-order chi connectivity index (χ0) is 20.4. The van der Waals surface area contributed by atoms with Crippen LogP contribution in [0, 0.1) is 0 Å². The summed E-state index contributed by atoms with van der Waals surface area (Å²) >= 11 is 0. The fourth-order valence-corrected chi connectivity index (χ4v) is 24.0. The first kappa shape index (κ1) is 24.4. The molecular formula is C21H43NS4. The maximum Gasteiger partial charge on any atom is 0.00207 e. The Morgan fingerprint density at radius 1 is 0.846 bits per heavy atom. The maximum absolute atomic E-state index is 3.91. The Labute approximate surface area is 171 Å². The molecule has 0 aromatic heterocycles. The Morgan fingerprint density at radius 3 is 1.85 bits per heavy atom. The Kier molecular flexibility index (Phi) is 8.22. The minimum atomic E-state index is -0.764. The Balaban J connectivity index is 2.90. The molecule has 1 aromatic carbocycles. The van der Waals surface area contributed by atoms with Gasteiger partial charge in [-0.05, 0) is 85.2 Å². The van der Waals surface area contributed by atoms with Crippen LogP contribution in [-0.2, 0) is 5.75 Å². The van der Waals surface area contributed by atoms with Crippen LogP contribution in [0.4, 0.5) is 0 Å². The molecule has 0 aliphatic rings. The van der Waals surface area contributed by atoms with E-state index in [0.29, 0.717) is 0 Å². The van der Waals surface area contributed by atoms with E-state index in [-0.39, 0.29) is 0 Å². The van der Waals surface area contributed by atoms with Crippen molar-refractivity contribution in [2.24, 2.45) is 0 Å². The monoisotopic (exact) mass is 437 g/mol. The molecule has 1 rings (SSSR count). The molecular weight excluding hydrogens is 395 g/mol. The van der Waals surface area contributed by atoms with Crippen molar-refractivity contribution in [1.82, 2.24) is 3.12 Å². The van der Waals surface area contributed by atoms with Gasteiger partial charge in [-0.2, -0.15) is 33.8 Å². The van der Waals surface area contributed by atoms with Gasteiger partial charge in [-0.15, -0.1) is 0 Å². The van der Waals surface area contributed by atoms with Crippen LogP contribution in [-0.4, -0.2) is 77.2 Å². The van der Waals surface area contributed by atoms with Gasteiger partial charge in [0.2, 0.25) is 0 Å². The number of rotatable bonds is 9. The van der Waals surface area contributed by atoms with Crippen LogP contribution in [0.15, 0.2) is 30.8 Å². The van der Waals surface area contributed by atoms with Gasteiger partial charge in [0.1, 0.15) is 0 Å². The Bertz CT molecular complexity index is 595. The SMILES string of the molecule is C=Cc1cccc(CS(C)(C)CCS(C)(C)N(S(C)(C)C)S(C)(C)C)c1. The van der Waals surface area contributed by atoms with E-state index in [1.165, 1.54) is 28.4 Å². The van der Waals surface area contributed by atoms with Gasteiger partial charge in [0.25, 0.3) is 0 Å². The minimum Gasteiger partial charge on any atom is -0.242 e. The largest absolute Gasteiger partial charge is 0.242 e. The molecule has 0 bridgehead atoms. The highest BCUT2D eigenvalue weighted by Crippen LogP contribution is 2.71. The second-order valence-electron chi connectivity index (χ2n) is 9.52. The van der Waals surface area contributed by atoms with Gasteiger partial charge in [-0.1, -0.05) is 36.9 Å². The van der Waals surface area contributed by atoms with Crippen LogP contribution in [0.2, 0.25) is 0 Å². The molecule has 0 N–H and O–H groups in total. The molecule has 0 saturated heterocycles. The normalized spacial score (nSPS) is 16.4. The third-order valence-electron chi connectivity index (χ3n) is 4.18. The maximum atomic E-state index is 3.91. The first-order chi connectivity index (χ1) is 11.6. The lowest BCUT2D eigenvalue weighted by atomic mass is 10.1. The predicted octanol–water partition coefficient (Wildman–Crippen LogP) is 6.39. The highest BCUT2D eigenvalue weighted by Gasteiger charge is 2.35. The van der Waals surface area contributed by atoms with E-state index >= 15 is 0 Å². The molecule has 0 radical (unpaired) electrons. The predicted molar refractivity (Wildman–Crippen MR) is 141 cm³/mol. The Morgan fingerprint density at radius 2 is 1.38 bits per heavy atom. The molecule has 156 valence electrons. The topological polar surface area (TPSA) is 3.24 Å². The summed E-state index contributed by atoms with van der Waals surface area (Å²) < 4.78 is 2.96. The summed E-state index contributed by atoms with van der Waals surface area (Å²) in [5.74, 6) is 3.93. The molecule has 0 atom stereocenters. The third-order valence-corrected chi connectivity index (χ3v) is 18.4. The zero-order valence-corrected chi connectivity index (χ0v) is 22.1.